The Labute approximate surface area is 173 Å². The summed E-state index contributed by atoms with van der Waals surface area (Å²) in [5.74, 6) is 0.204. The topological polar surface area (TPSA) is 83.4 Å². The highest BCUT2D eigenvalue weighted by Gasteiger charge is 2.38. The molecule has 1 aromatic heterocycles. The Bertz CT molecular complexity index is 908. The zero-order chi connectivity index (χ0) is 21.1. The quantitative estimate of drug-likeness (QED) is 0.663. The molecule has 8 heteroatoms. The molecular formula is C22H27F2N3O3. The Balaban J connectivity index is 1.43. The number of amides is 2. The normalized spacial score (nSPS) is 22.5. The maximum absolute atomic E-state index is 12.9. The molecular weight excluding hydrogens is 392 g/mol. The average molecular weight is 419 g/mol. The van der Waals surface area contributed by atoms with Crippen molar-refractivity contribution in [2.75, 3.05) is 18.4 Å². The summed E-state index contributed by atoms with van der Waals surface area (Å²) in [5, 5.41) is 9.08. The summed E-state index contributed by atoms with van der Waals surface area (Å²) < 4.78 is 30.0. The van der Waals surface area contributed by atoms with Crippen LogP contribution in [-0.2, 0) is 4.79 Å². The molecule has 0 spiro atoms. The third kappa shape index (κ3) is 4.64. The number of carbonyl (C=O) groups excluding carboxylic acids is 2. The molecule has 2 amide bonds. The van der Waals surface area contributed by atoms with Crippen LogP contribution >= 0.6 is 0 Å². The van der Waals surface area contributed by atoms with Crippen LogP contribution in [0.5, 0.6) is 0 Å². The number of anilines is 1. The van der Waals surface area contributed by atoms with E-state index in [1.807, 2.05) is 0 Å². The third-order valence-electron chi connectivity index (χ3n) is 6.23. The highest BCUT2D eigenvalue weighted by molar-refractivity contribution is 5.99. The SMILES string of the molecule is O=C(NCC(F)F)c1cc2cc(NC(=O)[C@H]3NCC[C@H]3C3CCCCC3)ccc2o1. The molecule has 0 bridgehead atoms. The molecule has 2 heterocycles. The van der Waals surface area contributed by atoms with Crippen LogP contribution < -0.4 is 16.0 Å². The van der Waals surface area contributed by atoms with Crippen molar-refractivity contribution in [3.8, 4) is 0 Å². The Morgan fingerprint density at radius 2 is 1.93 bits per heavy atom. The molecule has 6 nitrogen and oxygen atoms in total. The van der Waals surface area contributed by atoms with Crippen molar-refractivity contribution in [2.45, 2.75) is 51.0 Å². The fourth-order valence-corrected chi connectivity index (χ4v) is 4.79. The van der Waals surface area contributed by atoms with Crippen molar-refractivity contribution in [1.82, 2.24) is 10.6 Å². The van der Waals surface area contributed by atoms with Gasteiger partial charge in [0.1, 0.15) is 5.58 Å². The van der Waals surface area contributed by atoms with Crippen molar-refractivity contribution in [2.24, 2.45) is 11.8 Å². The zero-order valence-electron chi connectivity index (χ0n) is 16.8. The number of fused-ring (bicyclic) bond motifs is 1. The summed E-state index contributed by atoms with van der Waals surface area (Å²) in [6.07, 6.45) is 4.60. The smallest absolute Gasteiger partial charge is 0.287 e. The van der Waals surface area contributed by atoms with Gasteiger partial charge in [0.15, 0.2) is 5.76 Å². The summed E-state index contributed by atoms with van der Waals surface area (Å²) in [6.45, 7) is 0.130. The second-order valence-corrected chi connectivity index (χ2v) is 8.24. The van der Waals surface area contributed by atoms with Gasteiger partial charge in [-0.25, -0.2) is 8.78 Å². The van der Waals surface area contributed by atoms with Gasteiger partial charge in [-0.05, 0) is 49.1 Å². The second kappa shape index (κ2) is 9.12. The summed E-state index contributed by atoms with van der Waals surface area (Å²) in [4.78, 5) is 24.9. The molecule has 162 valence electrons. The van der Waals surface area contributed by atoms with E-state index in [2.05, 4.69) is 16.0 Å². The van der Waals surface area contributed by atoms with Crippen LogP contribution in [0.2, 0.25) is 0 Å². The van der Waals surface area contributed by atoms with Crippen LogP contribution in [-0.4, -0.2) is 37.4 Å². The van der Waals surface area contributed by atoms with Gasteiger partial charge in [0, 0.05) is 11.1 Å². The molecule has 3 N–H and O–H groups in total. The minimum atomic E-state index is -2.62. The molecule has 30 heavy (non-hydrogen) atoms. The van der Waals surface area contributed by atoms with Crippen molar-refractivity contribution < 1.29 is 22.8 Å². The third-order valence-corrected chi connectivity index (χ3v) is 6.23. The predicted molar refractivity (Wildman–Crippen MR) is 110 cm³/mol. The Morgan fingerprint density at radius 3 is 2.70 bits per heavy atom. The van der Waals surface area contributed by atoms with Crippen LogP contribution in [0.3, 0.4) is 0 Å². The lowest BCUT2D eigenvalue weighted by atomic mass is 9.76. The van der Waals surface area contributed by atoms with Gasteiger partial charge in [-0.1, -0.05) is 32.1 Å². The van der Waals surface area contributed by atoms with E-state index in [1.54, 1.807) is 18.2 Å². The van der Waals surface area contributed by atoms with E-state index in [0.717, 1.165) is 13.0 Å². The first-order chi connectivity index (χ1) is 14.5. The number of nitrogens with one attached hydrogen (secondary N) is 3. The summed E-state index contributed by atoms with van der Waals surface area (Å²) in [7, 11) is 0. The second-order valence-electron chi connectivity index (χ2n) is 8.24. The van der Waals surface area contributed by atoms with E-state index in [1.165, 1.54) is 38.2 Å². The van der Waals surface area contributed by atoms with Crippen LogP contribution in [0, 0.1) is 11.8 Å². The van der Waals surface area contributed by atoms with E-state index in [-0.39, 0.29) is 17.7 Å². The lowest BCUT2D eigenvalue weighted by Gasteiger charge is -2.30. The predicted octanol–water partition coefficient (Wildman–Crippen LogP) is 3.92. The standard InChI is InChI=1S/C22H27F2N3O3/c23-19(24)12-26-21(28)18-11-14-10-15(6-7-17(14)30-18)27-22(29)20-16(8-9-25-20)13-4-2-1-3-5-13/h6-7,10-11,13,16,19-20,25H,1-5,8-9,12H2,(H,26,28)(H,27,29)/t16-,20-/m0/s1. The van der Waals surface area contributed by atoms with Gasteiger partial charge in [-0.2, -0.15) is 0 Å². The van der Waals surface area contributed by atoms with Crippen molar-refractivity contribution in [3.63, 3.8) is 0 Å². The van der Waals surface area contributed by atoms with Crippen molar-refractivity contribution >= 4 is 28.5 Å². The molecule has 1 aliphatic carbocycles. The summed E-state index contributed by atoms with van der Waals surface area (Å²) in [6, 6.07) is 6.41. The molecule has 1 aliphatic heterocycles. The molecule has 2 fully saturated rings. The van der Waals surface area contributed by atoms with Gasteiger partial charge in [0.2, 0.25) is 5.91 Å². The lowest BCUT2D eigenvalue weighted by Crippen LogP contribution is -2.42. The molecule has 1 aromatic carbocycles. The molecule has 0 unspecified atom stereocenters. The molecule has 0 radical (unpaired) electrons. The molecule has 2 aliphatic rings. The Kier molecular flexibility index (Phi) is 6.32. The highest BCUT2D eigenvalue weighted by Crippen LogP contribution is 2.36. The number of alkyl halides is 2. The molecule has 2 atom stereocenters. The molecule has 2 aromatic rings. The minimum Gasteiger partial charge on any atom is -0.451 e. The average Bonchev–Trinajstić information content (AvgIpc) is 3.39. The molecule has 4 rings (SSSR count). The molecule has 1 saturated carbocycles. The number of furan rings is 1. The van der Waals surface area contributed by atoms with Crippen LogP contribution in [0.15, 0.2) is 28.7 Å². The van der Waals surface area contributed by atoms with E-state index in [4.69, 9.17) is 4.42 Å². The Morgan fingerprint density at radius 1 is 1.13 bits per heavy atom. The first kappa shape index (κ1) is 20.8. The number of carbonyl (C=O) groups is 2. The maximum Gasteiger partial charge on any atom is 0.287 e. The number of hydrogen-bond acceptors (Lipinski definition) is 4. The van der Waals surface area contributed by atoms with Gasteiger partial charge >= 0.3 is 0 Å². The van der Waals surface area contributed by atoms with Crippen LogP contribution in [0.25, 0.3) is 11.0 Å². The first-order valence-corrected chi connectivity index (χ1v) is 10.7. The number of benzene rings is 1. The first-order valence-electron chi connectivity index (χ1n) is 10.7. The van der Waals surface area contributed by atoms with E-state index in [9.17, 15) is 18.4 Å². The fraction of sp³-hybridized carbons (Fsp3) is 0.545. The van der Waals surface area contributed by atoms with Gasteiger partial charge in [0.05, 0.1) is 12.6 Å². The maximum atomic E-state index is 12.9. The Hall–Kier alpha value is -2.48. The van der Waals surface area contributed by atoms with Gasteiger partial charge in [-0.15, -0.1) is 0 Å². The van der Waals surface area contributed by atoms with Gasteiger partial charge in [-0.3, -0.25) is 9.59 Å². The van der Waals surface area contributed by atoms with E-state index >= 15 is 0 Å². The number of halogens is 2. The van der Waals surface area contributed by atoms with E-state index < -0.39 is 18.9 Å². The van der Waals surface area contributed by atoms with E-state index in [0.29, 0.717) is 28.5 Å². The monoisotopic (exact) mass is 419 g/mol. The summed E-state index contributed by atoms with van der Waals surface area (Å²) in [5.41, 5.74) is 1.07. The van der Waals surface area contributed by atoms with Crippen molar-refractivity contribution in [1.29, 1.82) is 0 Å². The van der Waals surface area contributed by atoms with Gasteiger partial charge < -0.3 is 20.4 Å². The summed E-state index contributed by atoms with van der Waals surface area (Å²) >= 11 is 0. The lowest BCUT2D eigenvalue weighted by molar-refractivity contribution is -0.119. The highest BCUT2D eigenvalue weighted by atomic mass is 19.3. The number of hydrogen-bond donors (Lipinski definition) is 3. The van der Waals surface area contributed by atoms with Crippen molar-refractivity contribution in [3.05, 3.63) is 30.0 Å². The minimum absolute atomic E-state index is 0.0380. The van der Waals surface area contributed by atoms with Crippen LogP contribution in [0.1, 0.15) is 49.1 Å². The zero-order valence-corrected chi connectivity index (χ0v) is 16.8. The van der Waals surface area contributed by atoms with Gasteiger partial charge in [0.25, 0.3) is 12.3 Å². The largest absolute Gasteiger partial charge is 0.451 e. The van der Waals surface area contributed by atoms with Crippen LogP contribution in [0.4, 0.5) is 14.5 Å². The number of rotatable bonds is 6. The fourth-order valence-electron chi connectivity index (χ4n) is 4.79. The molecule has 1 saturated heterocycles.